The first-order valence-electron chi connectivity index (χ1n) is 7.33. The molecule has 0 saturated carbocycles. The molecule has 8 heteroatoms. The van der Waals surface area contributed by atoms with Crippen molar-refractivity contribution in [3.63, 3.8) is 0 Å². The van der Waals surface area contributed by atoms with Gasteiger partial charge in [-0.15, -0.1) is 0 Å². The van der Waals surface area contributed by atoms with E-state index in [0.29, 0.717) is 10.9 Å². The summed E-state index contributed by atoms with van der Waals surface area (Å²) in [4.78, 5) is 28.3. The van der Waals surface area contributed by atoms with Gasteiger partial charge in [0.1, 0.15) is 6.54 Å². The molecule has 0 aliphatic rings. The first-order chi connectivity index (χ1) is 12.1. The molecule has 1 aromatic heterocycles. The Morgan fingerprint density at radius 2 is 2.00 bits per heavy atom. The van der Waals surface area contributed by atoms with Crippen LogP contribution in [0.15, 0.2) is 58.7 Å². The van der Waals surface area contributed by atoms with Crippen LogP contribution in [0, 0.1) is 0 Å². The van der Waals surface area contributed by atoms with Crippen molar-refractivity contribution in [2.45, 2.75) is 6.54 Å². The van der Waals surface area contributed by atoms with E-state index in [2.05, 4.69) is 15.5 Å². The van der Waals surface area contributed by atoms with Crippen LogP contribution in [0.1, 0.15) is 5.56 Å². The molecular formula is C17H14N4O4. The maximum absolute atomic E-state index is 12.3. The molecule has 126 valence electrons. The molecule has 3 N–H and O–H groups in total. The number of fused-ring (bicyclic) bond motifs is 1. The average molecular weight is 338 g/mol. The fraction of sp³-hybridized carbons (Fsp3) is 0.0588. The zero-order chi connectivity index (χ0) is 17.8. The highest BCUT2D eigenvalue weighted by Crippen LogP contribution is 2.26. The predicted octanol–water partition coefficient (Wildman–Crippen LogP) is 0.958. The average Bonchev–Trinajstić information content (AvgIpc) is 2.61. The van der Waals surface area contributed by atoms with Gasteiger partial charge in [-0.2, -0.15) is 5.10 Å². The van der Waals surface area contributed by atoms with Gasteiger partial charge in [-0.3, -0.25) is 14.2 Å². The van der Waals surface area contributed by atoms with Crippen molar-refractivity contribution in [1.29, 1.82) is 0 Å². The van der Waals surface area contributed by atoms with Gasteiger partial charge in [-0.25, -0.2) is 10.4 Å². The molecule has 3 rings (SSSR count). The van der Waals surface area contributed by atoms with Crippen LogP contribution in [0.3, 0.4) is 0 Å². The molecule has 1 amide bonds. The largest absolute Gasteiger partial charge is 0.504 e. The summed E-state index contributed by atoms with van der Waals surface area (Å²) in [6, 6.07) is 11.2. The number of carbonyl (C=O) groups is 1. The number of amides is 1. The van der Waals surface area contributed by atoms with Gasteiger partial charge < -0.3 is 10.2 Å². The molecule has 0 fully saturated rings. The lowest BCUT2D eigenvalue weighted by Gasteiger charge is -2.05. The number of phenols is 2. The molecule has 0 aliphatic carbocycles. The number of hydrogen-bond acceptors (Lipinski definition) is 6. The van der Waals surface area contributed by atoms with E-state index in [-0.39, 0.29) is 29.2 Å². The third-order valence-electron chi connectivity index (χ3n) is 3.48. The van der Waals surface area contributed by atoms with Gasteiger partial charge in [-0.1, -0.05) is 18.2 Å². The van der Waals surface area contributed by atoms with Crippen LogP contribution in [0.25, 0.3) is 10.9 Å². The van der Waals surface area contributed by atoms with E-state index >= 15 is 0 Å². The summed E-state index contributed by atoms with van der Waals surface area (Å²) in [6.07, 6.45) is 2.49. The Kier molecular flexibility index (Phi) is 4.42. The fourth-order valence-electron chi connectivity index (χ4n) is 2.24. The van der Waals surface area contributed by atoms with Crippen LogP contribution in [0.2, 0.25) is 0 Å². The van der Waals surface area contributed by atoms with Crippen molar-refractivity contribution in [1.82, 2.24) is 15.0 Å². The minimum atomic E-state index is -0.532. The second-order valence-corrected chi connectivity index (χ2v) is 5.20. The molecule has 0 atom stereocenters. The Morgan fingerprint density at radius 1 is 1.20 bits per heavy atom. The van der Waals surface area contributed by atoms with Gasteiger partial charge in [0.15, 0.2) is 11.5 Å². The minimum absolute atomic E-state index is 0.241. The Bertz CT molecular complexity index is 1030. The molecule has 1 heterocycles. The highest BCUT2D eigenvalue weighted by Gasteiger charge is 2.07. The number of hydrazone groups is 1. The number of nitrogens with zero attached hydrogens (tertiary/aromatic N) is 3. The number of benzene rings is 2. The zero-order valence-corrected chi connectivity index (χ0v) is 13.0. The number of aromatic hydroxyl groups is 2. The standard InChI is InChI=1S/C17H14N4O4/c22-14-7-3-4-11(16(14)24)8-19-20-15(23)9-21-10-18-13-6-2-1-5-12(13)17(21)25/h1-8,10,22,24H,9H2,(H,20,23)/b19-8+. The van der Waals surface area contributed by atoms with Crippen LogP contribution in [0.5, 0.6) is 11.5 Å². The van der Waals surface area contributed by atoms with Crippen molar-refractivity contribution >= 4 is 23.0 Å². The molecule has 0 bridgehead atoms. The highest BCUT2D eigenvalue weighted by atomic mass is 16.3. The summed E-state index contributed by atoms with van der Waals surface area (Å²) in [6.45, 7) is -0.250. The second kappa shape index (κ2) is 6.83. The lowest BCUT2D eigenvalue weighted by atomic mass is 10.2. The molecular weight excluding hydrogens is 324 g/mol. The number of rotatable bonds is 4. The van der Waals surface area contributed by atoms with Crippen molar-refractivity contribution in [3.8, 4) is 11.5 Å². The van der Waals surface area contributed by atoms with Crippen LogP contribution >= 0.6 is 0 Å². The van der Waals surface area contributed by atoms with E-state index in [0.717, 1.165) is 0 Å². The van der Waals surface area contributed by atoms with Crippen molar-refractivity contribution in [2.75, 3.05) is 0 Å². The number of hydrogen-bond donors (Lipinski definition) is 3. The van der Waals surface area contributed by atoms with Crippen molar-refractivity contribution < 1.29 is 15.0 Å². The smallest absolute Gasteiger partial charge is 0.261 e. The number of nitrogens with one attached hydrogen (secondary N) is 1. The fourth-order valence-corrected chi connectivity index (χ4v) is 2.24. The molecule has 0 spiro atoms. The summed E-state index contributed by atoms with van der Waals surface area (Å²) < 4.78 is 1.18. The van der Waals surface area contributed by atoms with Crippen LogP contribution in [-0.2, 0) is 11.3 Å². The van der Waals surface area contributed by atoms with Gasteiger partial charge >= 0.3 is 0 Å². The van der Waals surface area contributed by atoms with E-state index < -0.39 is 5.91 Å². The lowest BCUT2D eigenvalue weighted by Crippen LogP contribution is -2.30. The van der Waals surface area contributed by atoms with Crippen LogP contribution in [-0.4, -0.2) is 31.9 Å². The van der Waals surface area contributed by atoms with Crippen molar-refractivity contribution in [2.24, 2.45) is 5.10 Å². The third kappa shape index (κ3) is 3.47. The van der Waals surface area contributed by atoms with E-state index in [9.17, 15) is 19.8 Å². The monoisotopic (exact) mass is 338 g/mol. The summed E-state index contributed by atoms with van der Waals surface area (Å²) in [5.41, 5.74) is 2.73. The second-order valence-electron chi connectivity index (χ2n) is 5.20. The Hall–Kier alpha value is -3.68. The molecule has 25 heavy (non-hydrogen) atoms. The first kappa shape index (κ1) is 16.2. The summed E-state index contributed by atoms with van der Waals surface area (Å²) >= 11 is 0. The lowest BCUT2D eigenvalue weighted by molar-refractivity contribution is -0.121. The highest BCUT2D eigenvalue weighted by molar-refractivity contribution is 5.86. The Labute approximate surface area is 141 Å². The quantitative estimate of drug-likeness (QED) is 0.372. The molecule has 0 radical (unpaired) electrons. The molecule has 3 aromatic rings. The van der Waals surface area contributed by atoms with E-state index in [4.69, 9.17) is 0 Å². The number of carbonyl (C=O) groups excluding carboxylic acids is 1. The number of phenolic OH excluding ortho intramolecular Hbond substituents is 2. The Balaban J connectivity index is 1.71. The summed E-state index contributed by atoms with van der Waals surface area (Å²) in [5, 5.41) is 23.1. The predicted molar refractivity (Wildman–Crippen MR) is 91.5 cm³/mol. The minimum Gasteiger partial charge on any atom is -0.504 e. The molecule has 0 saturated heterocycles. The van der Waals surface area contributed by atoms with E-state index in [1.165, 1.54) is 35.3 Å². The first-order valence-corrected chi connectivity index (χ1v) is 7.33. The zero-order valence-electron chi connectivity index (χ0n) is 13.0. The normalized spacial score (nSPS) is 11.0. The maximum atomic E-state index is 12.3. The Morgan fingerprint density at radius 3 is 2.84 bits per heavy atom. The van der Waals surface area contributed by atoms with E-state index in [1.54, 1.807) is 24.3 Å². The van der Waals surface area contributed by atoms with Crippen LogP contribution < -0.4 is 11.0 Å². The van der Waals surface area contributed by atoms with E-state index in [1.807, 2.05) is 0 Å². The topological polar surface area (TPSA) is 117 Å². The van der Waals surface area contributed by atoms with Gasteiger partial charge in [0.25, 0.3) is 11.5 Å². The van der Waals surface area contributed by atoms with Gasteiger partial charge in [0.05, 0.1) is 23.4 Å². The molecule has 0 aliphatic heterocycles. The number of para-hydroxylation sites is 2. The SMILES string of the molecule is O=C(Cn1cnc2ccccc2c1=O)N/N=C/c1cccc(O)c1O. The molecule has 2 aromatic carbocycles. The van der Waals surface area contributed by atoms with Crippen molar-refractivity contribution in [3.05, 3.63) is 64.7 Å². The number of aromatic nitrogens is 2. The van der Waals surface area contributed by atoms with Gasteiger partial charge in [-0.05, 0) is 24.3 Å². The van der Waals surface area contributed by atoms with Crippen LogP contribution in [0.4, 0.5) is 0 Å². The summed E-state index contributed by atoms with van der Waals surface area (Å²) in [7, 11) is 0. The third-order valence-corrected chi connectivity index (χ3v) is 3.48. The maximum Gasteiger partial charge on any atom is 0.261 e. The summed E-state index contributed by atoms with van der Waals surface area (Å²) in [5.74, 6) is -1.16. The van der Waals surface area contributed by atoms with Gasteiger partial charge in [0, 0.05) is 5.56 Å². The molecule has 0 unspecified atom stereocenters. The molecule has 8 nitrogen and oxygen atoms in total. The van der Waals surface area contributed by atoms with Gasteiger partial charge in [0.2, 0.25) is 0 Å².